The zero-order chi connectivity index (χ0) is 25.4. The molecule has 0 radical (unpaired) electrons. The molecule has 1 saturated heterocycles. The fourth-order valence-corrected chi connectivity index (χ4v) is 3.95. The van der Waals surface area contributed by atoms with Gasteiger partial charge in [0.1, 0.15) is 6.23 Å². The van der Waals surface area contributed by atoms with Crippen LogP contribution < -0.4 is 11.2 Å². The van der Waals surface area contributed by atoms with E-state index in [-0.39, 0.29) is 12.5 Å². The predicted octanol–water partition coefficient (Wildman–Crippen LogP) is 1.80. The Bertz CT molecular complexity index is 974. The number of ether oxygens (including phenoxy) is 4. The van der Waals surface area contributed by atoms with Crippen molar-refractivity contribution in [3.63, 3.8) is 0 Å². The monoisotopic (exact) mass is 504 g/mol. The minimum Gasteiger partial charge on any atom is -0.457 e. The fourth-order valence-electron chi connectivity index (χ4n) is 2.99. The van der Waals surface area contributed by atoms with E-state index in [0.29, 0.717) is 6.42 Å². The maximum absolute atomic E-state index is 12.5. The molecular weight excluding hydrogens is 475 g/mol. The molecule has 0 aromatic carbocycles. The van der Waals surface area contributed by atoms with E-state index in [2.05, 4.69) is 4.98 Å². The van der Waals surface area contributed by atoms with Crippen molar-refractivity contribution in [3.05, 3.63) is 33.1 Å². The van der Waals surface area contributed by atoms with E-state index < -0.39 is 68.6 Å². The second-order valence-corrected chi connectivity index (χ2v) is 9.44. The molecule has 1 aliphatic rings. The zero-order valence-electron chi connectivity index (χ0n) is 19.5. The number of nitrogens with one attached hydrogen (secondary N) is 1. The van der Waals surface area contributed by atoms with Crippen molar-refractivity contribution in [2.45, 2.75) is 65.6 Å². The van der Waals surface area contributed by atoms with Gasteiger partial charge in [0.15, 0.2) is 0 Å². The molecule has 1 aromatic heterocycles. The van der Waals surface area contributed by atoms with Crippen LogP contribution in [0.2, 0.25) is 0 Å². The number of H-pyrrole nitrogens is 1. The summed E-state index contributed by atoms with van der Waals surface area (Å²) in [7, 11) is -2.49. The molecule has 1 aromatic rings. The molecule has 2 rings (SSSR count). The highest BCUT2D eigenvalue weighted by Gasteiger charge is 2.37. The number of nitrogens with zero attached hydrogens (tertiary/aromatic N) is 1. The van der Waals surface area contributed by atoms with Crippen LogP contribution in [0.25, 0.3) is 0 Å². The van der Waals surface area contributed by atoms with Gasteiger partial charge in [-0.15, -0.1) is 0 Å². The largest absolute Gasteiger partial charge is 0.510 e. The van der Waals surface area contributed by atoms with Gasteiger partial charge in [-0.2, -0.15) is 0 Å². The highest BCUT2D eigenvalue weighted by Crippen LogP contribution is 2.42. The Labute approximate surface area is 196 Å². The number of aromatic amines is 1. The highest BCUT2D eigenvalue weighted by atomic mass is 31.2. The lowest BCUT2D eigenvalue weighted by molar-refractivity contribution is -0.154. The number of hydrogen-bond donors (Lipinski definition) is 1. The Balaban J connectivity index is 2.00. The molecule has 13 nitrogen and oxygen atoms in total. The Morgan fingerprint density at radius 2 is 1.82 bits per heavy atom. The van der Waals surface area contributed by atoms with Crippen molar-refractivity contribution in [1.82, 2.24) is 9.55 Å². The topological polar surface area (TPSA) is 161 Å². The van der Waals surface area contributed by atoms with Gasteiger partial charge in [0.2, 0.25) is 6.79 Å². The van der Waals surface area contributed by atoms with E-state index in [4.69, 9.17) is 28.0 Å². The normalized spacial score (nSPS) is 20.9. The van der Waals surface area contributed by atoms with Crippen LogP contribution in [0, 0.1) is 5.92 Å². The Morgan fingerprint density at radius 1 is 1.15 bits per heavy atom. The Morgan fingerprint density at radius 3 is 2.44 bits per heavy atom. The van der Waals surface area contributed by atoms with E-state index in [1.807, 2.05) is 6.92 Å². The molecule has 1 N–H and O–H groups in total. The Kier molecular flexibility index (Phi) is 10.4. The van der Waals surface area contributed by atoms with E-state index in [1.165, 1.54) is 16.8 Å². The molecule has 190 valence electrons. The van der Waals surface area contributed by atoms with Gasteiger partial charge < -0.3 is 23.5 Å². The predicted molar refractivity (Wildman–Crippen MR) is 117 cm³/mol. The Hall–Kier alpha value is -2.60. The van der Waals surface area contributed by atoms with Crippen molar-refractivity contribution >= 4 is 26.0 Å². The first kappa shape index (κ1) is 27.6. The van der Waals surface area contributed by atoms with Gasteiger partial charge in [-0.05, 0) is 34.1 Å². The van der Waals surface area contributed by atoms with Gasteiger partial charge in [-0.3, -0.25) is 23.7 Å². The van der Waals surface area contributed by atoms with E-state index in [1.54, 1.807) is 27.7 Å². The summed E-state index contributed by atoms with van der Waals surface area (Å²) in [6, 6.07) is 1.21. The van der Waals surface area contributed by atoms with Crippen LogP contribution in [-0.4, -0.2) is 58.9 Å². The smallest absolute Gasteiger partial charge is 0.457 e. The summed E-state index contributed by atoms with van der Waals surface area (Å²) in [5, 5.41) is 0. The summed E-state index contributed by atoms with van der Waals surface area (Å²) in [6.07, 6.45) is -1.39. The van der Waals surface area contributed by atoms with Crippen LogP contribution in [0.5, 0.6) is 0 Å². The van der Waals surface area contributed by atoms with Crippen LogP contribution in [0.1, 0.15) is 47.3 Å². The fraction of sp³-hybridized carbons (Fsp3) is 0.650. The van der Waals surface area contributed by atoms with Crippen molar-refractivity contribution in [2.24, 2.45) is 5.92 Å². The molecule has 0 bridgehead atoms. The summed E-state index contributed by atoms with van der Waals surface area (Å²) >= 11 is 0. The first-order valence-corrected chi connectivity index (χ1v) is 11.8. The second kappa shape index (κ2) is 12.7. The lowest BCUT2D eigenvalue weighted by Gasteiger charge is -2.19. The van der Waals surface area contributed by atoms with Crippen LogP contribution in [0.15, 0.2) is 21.9 Å². The molecule has 1 fully saturated rings. The molecule has 4 unspecified atom stereocenters. The maximum Gasteiger partial charge on any atom is 0.510 e. The third-order valence-corrected chi connectivity index (χ3v) is 5.56. The van der Waals surface area contributed by atoms with Crippen LogP contribution in [0.4, 0.5) is 4.79 Å². The summed E-state index contributed by atoms with van der Waals surface area (Å²) in [5.41, 5.74) is -2.21. The SMILES string of the molecule is CC(C)OC(=O)OCOP(OCC1CC(C)C(n2ccc(=O)[nH]c2=O)O1)C(=O)C(=O)OC(C)C. The zero-order valence-corrected chi connectivity index (χ0v) is 20.4. The number of carbonyl (C=O) groups excluding carboxylic acids is 3. The maximum atomic E-state index is 12.5. The van der Waals surface area contributed by atoms with Crippen molar-refractivity contribution < 1.29 is 42.4 Å². The molecule has 1 aliphatic heterocycles. The molecular formula is C20H29N2O11P. The summed E-state index contributed by atoms with van der Waals surface area (Å²) in [5.74, 6) is -1.27. The average Bonchev–Trinajstić information content (AvgIpc) is 3.09. The molecule has 0 spiro atoms. The minimum atomic E-state index is -2.49. The van der Waals surface area contributed by atoms with E-state index in [9.17, 15) is 24.0 Å². The third-order valence-electron chi connectivity index (χ3n) is 4.32. The number of aromatic nitrogens is 2. The van der Waals surface area contributed by atoms with Gasteiger partial charge in [-0.25, -0.2) is 14.4 Å². The standard InChI is InChI=1S/C20H29N2O11P/c1-11(2)31-17(24)18(25)34(30-10-28-20(27)32-12(3)4)29-9-14-8-13(5)16(33-14)22-7-6-15(23)21-19(22)26/h6-7,11-14,16H,8-10H2,1-5H3,(H,21,23,26). The van der Waals surface area contributed by atoms with Crippen molar-refractivity contribution in [3.8, 4) is 0 Å². The van der Waals surface area contributed by atoms with Gasteiger partial charge in [-0.1, -0.05) is 6.92 Å². The van der Waals surface area contributed by atoms with Crippen molar-refractivity contribution in [2.75, 3.05) is 13.4 Å². The van der Waals surface area contributed by atoms with Crippen molar-refractivity contribution in [1.29, 1.82) is 0 Å². The van der Waals surface area contributed by atoms with Gasteiger partial charge in [0, 0.05) is 18.2 Å². The summed E-state index contributed by atoms with van der Waals surface area (Å²) in [4.78, 5) is 61.6. The van der Waals surface area contributed by atoms with Gasteiger partial charge >= 0.3 is 23.3 Å². The molecule has 4 atom stereocenters. The average molecular weight is 504 g/mol. The number of rotatable bonds is 11. The molecule has 34 heavy (non-hydrogen) atoms. The van der Waals surface area contributed by atoms with Crippen LogP contribution in [-0.2, 0) is 37.6 Å². The second-order valence-electron chi connectivity index (χ2n) is 8.00. The van der Waals surface area contributed by atoms with Crippen LogP contribution >= 0.6 is 8.38 Å². The molecule has 2 heterocycles. The number of carbonyl (C=O) groups is 3. The molecule has 14 heteroatoms. The third kappa shape index (κ3) is 8.32. The highest BCUT2D eigenvalue weighted by molar-refractivity contribution is 7.69. The first-order chi connectivity index (χ1) is 16.0. The molecule has 0 saturated carbocycles. The number of esters is 1. The van der Waals surface area contributed by atoms with Gasteiger partial charge in [0.05, 0.1) is 24.9 Å². The molecule has 0 amide bonds. The summed E-state index contributed by atoms with van der Waals surface area (Å²) < 4.78 is 32.3. The quantitative estimate of drug-likeness (QED) is 0.202. The molecule has 0 aliphatic carbocycles. The minimum absolute atomic E-state index is 0.125. The lowest BCUT2D eigenvalue weighted by Crippen LogP contribution is -2.33. The number of hydrogen-bond acceptors (Lipinski definition) is 11. The van der Waals surface area contributed by atoms with Gasteiger partial charge in [0.25, 0.3) is 13.9 Å². The lowest BCUT2D eigenvalue weighted by atomic mass is 10.1. The van der Waals surface area contributed by atoms with Crippen LogP contribution in [0.3, 0.4) is 0 Å². The van der Waals surface area contributed by atoms with E-state index in [0.717, 1.165) is 0 Å². The first-order valence-electron chi connectivity index (χ1n) is 10.6. The van der Waals surface area contributed by atoms with E-state index >= 15 is 0 Å². The summed E-state index contributed by atoms with van der Waals surface area (Å²) in [6.45, 7) is 7.42.